The van der Waals surface area contributed by atoms with Crippen LogP contribution in [0.15, 0.2) is 42.5 Å². The average Bonchev–Trinajstić information content (AvgIpc) is 3.04. The number of methoxy groups -OCH3 is 1. The number of benzene rings is 2. The van der Waals surface area contributed by atoms with E-state index in [-0.39, 0.29) is 12.6 Å². The first-order valence-corrected chi connectivity index (χ1v) is 8.58. The van der Waals surface area contributed by atoms with Crippen molar-refractivity contribution < 1.29 is 14.3 Å². The van der Waals surface area contributed by atoms with E-state index in [1.165, 1.54) is 10.9 Å². The lowest BCUT2D eigenvalue weighted by Crippen LogP contribution is -2.30. The van der Waals surface area contributed by atoms with Crippen LogP contribution in [0.25, 0.3) is 10.9 Å². The quantitative estimate of drug-likeness (QED) is 0.658. The Hall–Kier alpha value is -2.99. The minimum atomic E-state index is -0.488. The van der Waals surface area contributed by atoms with Crippen molar-refractivity contribution in [1.82, 2.24) is 10.3 Å². The third-order valence-corrected chi connectivity index (χ3v) is 4.73. The number of aromatic nitrogens is 1. The van der Waals surface area contributed by atoms with Crippen molar-refractivity contribution in [3.8, 4) is 11.5 Å². The van der Waals surface area contributed by atoms with Gasteiger partial charge in [0.2, 0.25) is 0 Å². The molecule has 0 spiro atoms. The van der Waals surface area contributed by atoms with E-state index in [4.69, 9.17) is 15.2 Å². The molecule has 0 aliphatic carbocycles. The molecule has 6 heteroatoms. The second kappa shape index (κ2) is 6.72. The van der Waals surface area contributed by atoms with Gasteiger partial charge in [0.15, 0.2) is 6.61 Å². The van der Waals surface area contributed by atoms with Crippen LogP contribution in [-0.2, 0) is 11.2 Å². The lowest BCUT2D eigenvalue weighted by atomic mass is 9.94. The second-order valence-corrected chi connectivity index (χ2v) is 6.39. The maximum atomic E-state index is 10.9. The van der Waals surface area contributed by atoms with Gasteiger partial charge in [-0.15, -0.1) is 0 Å². The van der Waals surface area contributed by atoms with Crippen LogP contribution in [0.3, 0.4) is 0 Å². The number of nitrogens with one attached hydrogen (secondary N) is 2. The van der Waals surface area contributed by atoms with Crippen LogP contribution in [0.2, 0.25) is 0 Å². The number of nitrogens with two attached hydrogens (primary N) is 1. The van der Waals surface area contributed by atoms with Gasteiger partial charge in [0.05, 0.1) is 13.2 Å². The van der Waals surface area contributed by atoms with E-state index in [2.05, 4.69) is 28.5 Å². The van der Waals surface area contributed by atoms with Gasteiger partial charge in [-0.3, -0.25) is 4.79 Å². The molecule has 0 radical (unpaired) electrons. The number of ether oxygens (including phenoxy) is 2. The molecule has 0 fully saturated rings. The minimum absolute atomic E-state index is 0.0364. The van der Waals surface area contributed by atoms with Crippen molar-refractivity contribution in [2.24, 2.45) is 5.73 Å². The average molecular weight is 351 g/mol. The van der Waals surface area contributed by atoms with Crippen molar-refractivity contribution in [2.45, 2.75) is 12.5 Å². The van der Waals surface area contributed by atoms with Crippen molar-refractivity contribution in [3.63, 3.8) is 0 Å². The summed E-state index contributed by atoms with van der Waals surface area (Å²) in [5.41, 5.74) is 9.81. The fraction of sp³-hybridized carbons (Fsp3) is 0.250. The fourth-order valence-corrected chi connectivity index (χ4v) is 3.56. The van der Waals surface area contributed by atoms with E-state index in [1.54, 1.807) is 7.11 Å². The maximum absolute atomic E-state index is 10.9. The van der Waals surface area contributed by atoms with Crippen LogP contribution < -0.4 is 20.5 Å². The monoisotopic (exact) mass is 351 g/mol. The minimum Gasteiger partial charge on any atom is -0.497 e. The van der Waals surface area contributed by atoms with Crippen LogP contribution in [-0.4, -0.2) is 31.2 Å². The standard InChI is InChI=1S/C20H21N3O3/c1-25-13-5-6-17-16(10-13)15-7-8-22-19(20(15)23-17)12-3-2-4-14(9-12)26-11-18(21)24/h2-6,9-10,19,22-23H,7-8,11H2,1H3,(H2,21,24). The molecule has 1 aliphatic heterocycles. The van der Waals surface area contributed by atoms with Crippen molar-refractivity contribution in [1.29, 1.82) is 0 Å². The summed E-state index contributed by atoms with van der Waals surface area (Å²) in [6.45, 7) is 0.757. The Bertz CT molecular complexity index is 964. The van der Waals surface area contributed by atoms with E-state index < -0.39 is 5.91 Å². The molecule has 2 aromatic carbocycles. The first kappa shape index (κ1) is 16.5. The number of rotatable bonds is 5. The third-order valence-electron chi connectivity index (χ3n) is 4.73. The van der Waals surface area contributed by atoms with E-state index in [0.29, 0.717) is 5.75 Å². The van der Waals surface area contributed by atoms with Gasteiger partial charge in [-0.05, 0) is 47.9 Å². The Morgan fingerprint density at radius 2 is 2.12 bits per heavy atom. The van der Waals surface area contributed by atoms with Crippen LogP contribution in [0.4, 0.5) is 0 Å². The summed E-state index contributed by atoms with van der Waals surface area (Å²) in [4.78, 5) is 14.5. The zero-order valence-corrected chi connectivity index (χ0v) is 14.5. The Balaban J connectivity index is 1.72. The predicted molar refractivity (Wildman–Crippen MR) is 99.5 cm³/mol. The van der Waals surface area contributed by atoms with Crippen molar-refractivity contribution in [3.05, 3.63) is 59.3 Å². The lowest BCUT2D eigenvalue weighted by molar-refractivity contribution is -0.119. The molecular weight excluding hydrogens is 330 g/mol. The largest absolute Gasteiger partial charge is 0.497 e. The smallest absolute Gasteiger partial charge is 0.255 e. The third kappa shape index (κ3) is 2.99. The van der Waals surface area contributed by atoms with Crippen LogP contribution >= 0.6 is 0 Å². The summed E-state index contributed by atoms with van der Waals surface area (Å²) in [5, 5.41) is 4.76. The van der Waals surface area contributed by atoms with Gasteiger partial charge in [-0.2, -0.15) is 0 Å². The van der Waals surface area contributed by atoms with Gasteiger partial charge in [0.1, 0.15) is 11.5 Å². The van der Waals surface area contributed by atoms with Gasteiger partial charge < -0.3 is 25.5 Å². The molecule has 1 unspecified atom stereocenters. The molecule has 26 heavy (non-hydrogen) atoms. The Labute approximate surface area is 151 Å². The molecule has 1 amide bonds. The zero-order valence-electron chi connectivity index (χ0n) is 14.5. The van der Waals surface area contributed by atoms with Crippen molar-refractivity contribution in [2.75, 3.05) is 20.3 Å². The van der Waals surface area contributed by atoms with E-state index in [1.807, 2.05) is 24.3 Å². The normalized spacial score (nSPS) is 16.3. The number of aromatic amines is 1. The number of H-pyrrole nitrogens is 1. The number of hydrogen-bond acceptors (Lipinski definition) is 4. The molecule has 2 heterocycles. The van der Waals surface area contributed by atoms with Crippen LogP contribution in [0.1, 0.15) is 22.9 Å². The highest BCUT2D eigenvalue weighted by atomic mass is 16.5. The summed E-state index contributed by atoms with van der Waals surface area (Å²) in [7, 11) is 1.68. The van der Waals surface area contributed by atoms with Crippen LogP contribution in [0, 0.1) is 0 Å². The Morgan fingerprint density at radius 3 is 2.92 bits per heavy atom. The number of primary amides is 1. The van der Waals surface area contributed by atoms with Gasteiger partial charge in [0.25, 0.3) is 5.91 Å². The topological polar surface area (TPSA) is 89.4 Å². The second-order valence-electron chi connectivity index (χ2n) is 6.39. The van der Waals surface area contributed by atoms with Gasteiger partial charge in [-0.25, -0.2) is 0 Å². The van der Waals surface area contributed by atoms with Gasteiger partial charge in [0, 0.05) is 23.1 Å². The highest BCUT2D eigenvalue weighted by molar-refractivity contribution is 5.86. The molecule has 0 saturated heterocycles. The molecule has 0 bridgehead atoms. The summed E-state index contributed by atoms with van der Waals surface area (Å²) < 4.78 is 10.8. The number of hydrogen-bond donors (Lipinski definition) is 3. The zero-order chi connectivity index (χ0) is 18.1. The molecule has 3 aromatic rings. The molecule has 6 nitrogen and oxygen atoms in total. The lowest BCUT2D eigenvalue weighted by Gasteiger charge is -2.25. The molecule has 1 atom stereocenters. The molecule has 1 aliphatic rings. The molecular formula is C20H21N3O3. The van der Waals surface area contributed by atoms with Crippen LogP contribution in [0.5, 0.6) is 11.5 Å². The highest BCUT2D eigenvalue weighted by Crippen LogP contribution is 2.35. The SMILES string of the molecule is COc1ccc2[nH]c3c(c2c1)CCNC3c1cccc(OCC(N)=O)c1. The van der Waals surface area contributed by atoms with E-state index >= 15 is 0 Å². The fourth-order valence-electron chi connectivity index (χ4n) is 3.56. The summed E-state index contributed by atoms with van der Waals surface area (Å²) in [6, 6.07) is 13.9. The van der Waals surface area contributed by atoms with E-state index in [0.717, 1.165) is 35.5 Å². The molecule has 134 valence electrons. The number of carbonyl (C=O) groups excluding carboxylic acids is 1. The molecule has 0 saturated carbocycles. The molecule has 1 aromatic heterocycles. The molecule has 4 rings (SSSR count). The first-order valence-electron chi connectivity index (χ1n) is 8.58. The number of fused-ring (bicyclic) bond motifs is 3. The van der Waals surface area contributed by atoms with Crippen molar-refractivity contribution >= 4 is 16.8 Å². The summed E-state index contributed by atoms with van der Waals surface area (Å²) >= 11 is 0. The van der Waals surface area contributed by atoms with E-state index in [9.17, 15) is 4.79 Å². The highest BCUT2D eigenvalue weighted by Gasteiger charge is 2.25. The summed E-state index contributed by atoms with van der Waals surface area (Å²) in [6.07, 6.45) is 0.955. The van der Waals surface area contributed by atoms with Gasteiger partial charge >= 0.3 is 0 Å². The summed E-state index contributed by atoms with van der Waals surface area (Å²) in [5.74, 6) is 1.00. The number of amides is 1. The van der Waals surface area contributed by atoms with Gasteiger partial charge in [-0.1, -0.05) is 12.1 Å². The maximum Gasteiger partial charge on any atom is 0.255 e. The first-order chi connectivity index (χ1) is 12.7. The Morgan fingerprint density at radius 1 is 1.23 bits per heavy atom. The number of carbonyl (C=O) groups is 1. The molecule has 4 N–H and O–H groups in total. The predicted octanol–water partition coefficient (Wildman–Crippen LogP) is 2.28. The Kier molecular flexibility index (Phi) is 4.26.